The predicted molar refractivity (Wildman–Crippen MR) is 111 cm³/mol. The van der Waals surface area contributed by atoms with E-state index in [9.17, 15) is 22.4 Å². The van der Waals surface area contributed by atoms with Gasteiger partial charge in [-0.3, -0.25) is 4.57 Å². The summed E-state index contributed by atoms with van der Waals surface area (Å²) < 4.78 is 92.5. The first kappa shape index (κ1) is 18.0. The minimum atomic E-state index is -4.46. The monoisotopic (exact) mass is 463 g/mol. The van der Waals surface area contributed by atoms with Crippen LogP contribution >= 0.6 is 0 Å². The Bertz CT molecular complexity index is 1520. The van der Waals surface area contributed by atoms with Crippen molar-refractivity contribution in [2.45, 2.75) is 31.9 Å². The largest absolute Gasteiger partial charge is 0.405 e. The number of pyridine rings is 1. The smallest absolute Gasteiger partial charge is 0.325 e. The van der Waals surface area contributed by atoms with E-state index in [-0.39, 0.29) is 36.4 Å². The lowest BCUT2D eigenvalue weighted by Gasteiger charge is -2.31. The lowest BCUT2D eigenvalue weighted by atomic mass is 9.99. The second-order valence-corrected chi connectivity index (χ2v) is 8.05. The van der Waals surface area contributed by atoms with Gasteiger partial charge in [0.15, 0.2) is 17.5 Å². The lowest BCUT2D eigenvalue weighted by Crippen LogP contribution is -2.31. The van der Waals surface area contributed by atoms with Gasteiger partial charge in [-0.05, 0) is 49.8 Å². The summed E-state index contributed by atoms with van der Waals surface area (Å²) >= 11 is 0. The van der Waals surface area contributed by atoms with Crippen LogP contribution in [0, 0.1) is 28.9 Å². The van der Waals surface area contributed by atoms with Crippen molar-refractivity contribution < 1.29 is 26.1 Å². The number of rotatable bonds is 1. The summed E-state index contributed by atoms with van der Waals surface area (Å²) in [5.74, 6) is 1.92. The van der Waals surface area contributed by atoms with Crippen molar-refractivity contribution in [1.29, 1.82) is 0 Å². The van der Waals surface area contributed by atoms with E-state index in [0.29, 0.717) is 28.7 Å². The van der Waals surface area contributed by atoms with Crippen molar-refractivity contribution in [3.05, 3.63) is 57.8 Å². The Kier molecular flexibility index (Phi) is 3.96. The van der Waals surface area contributed by atoms with Gasteiger partial charge in [-0.15, -0.1) is 0 Å². The van der Waals surface area contributed by atoms with E-state index < -0.39 is 41.3 Å². The number of aryl methyl sites for hydroxylation is 1. The van der Waals surface area contributed by atoms with Gasteiger partial charge in [0, 0.05) is 35.1 Å². The van der Waals surface area contributed by atoms with Crippen LogP contribution in [0.25, 0.3) is 10.9 Å². The number of alkyl halides is 3. The molecule has 0 saturated heterocycles. The highest BCUT2D eigenvalue weighted by atomic mass is 19.4. The molecule has 0 radical (unpaired) electrons. The van der Waals surface area contributed by atoms with Crippen molar-refractivity contribution in [2.75, 3.05) is 11.4 Å². The fourth-order valence-electron chi connectivity index (χ4n) is 4.06. The number of hydrogen-bond donors (Lipinski definition) is 0. The Balaban J connectivity index is 1.70. The summed E-state index contributed by atoms with van der Waals surface area (Å²) in [7, 11) is 0. The predicted octanol–water partition coefficient (Wildman–Crippen LogP) is 4.39. The minimum absolute atomic E-state index is 0.0921. The van der Waals surface area contributed by atoms with Gasteiger partial charge in [0.25, 0.3) is 0 Å². The number of anilines is 2. The Morgan fingerprint density at radius 2 is 2.00 bits per heavy atom. The first-order valence-corrected chi connectivity index (χ1v) is 10.1. The van der Waals surface area contributed by atoms with E-state index in [1.165, 1.54) is 17.2 Å². The summed E-state index contributed by atoms with van der Waals surface area (Å²) in [5, 5.41) is -0.503. The van der Waals surface area contributed by atoms with Crippen LogP contribution in [0.4, 0.5) is 33.5 Å². The summed E-state index contributed by atoms with van der Waals surface area (Å²) in [5.41, 5.74) is -2.66. The maximum Gasteiger partial charge on any atom is 0.405 e. The molecule has 2 aromatic heterocycles. The van der Waals surface area contributed by atoms with Crippen LogP contribution in [0.3, 0.4) is 0 Å². The molecule has 2 aliphatic rings. The Morgan fingerprint density at radius 1 is 1.21 bits per heavy atom. The quantitative estimate of drug-likeness (QED) is 0.397. The summed E-state index contributed by atoms with van der Waals surface area (Å²) in [6.45, 7) is -2.81. The van der Waals surface area contributed by atoms with Gasteiger partial charge >= 0.3 is 11.9 Å². The number of halogens is 5. The third kappa shape index (κ3) is 3.34. The molecule has 5 nitrogen and oxygen atoms in total. The van der Waals surface area contributed by atoms with Gasteiger partial charge in [-0.2, -0.15) is 18.2 Å². The average molecular weight is 463 g/mol. The van der Waals surface area contributed by atoms with Gasteiger partial charge in [-0.1, -0.05) is 5.92 Å². The Morgan fingerprint density at radius 3 is 2.70 bits per heavy atom. The molecule has 0 unspecified atom stereocenters. The molecule has 0 bridgehead atoms. The van der Waals surface area contributed by atoms with Gasteiger partial charge in [0.2, 0.25) is 0 Å². The van der Waals surface area contributed by atoms with E-state index in [0.717, 1.165) is 12.1 Å². The molecule has 0 spiro atoms. The topological polar surface area (TPSA) is 51.0 Å². The van der Waals surface area contributed by atoms with Crippen molar-refractivity contribution in [3.63, 3.8) is 0 Å². The van der Waals surface area contributed by atoms with E-state index in [1.807, 2.05) is 0 Å². The molecule has 1 fully saturated rings. The van der Waals surface area contributed by atoms with Crippen LogP contribution in [0.2, 0.25) is 0 Å². The zero-order valence-electron chi connectivity index (χ0n) is 19.9. The number of hydrogen-bond acceptors (Lipinski definition) is 4. The fraction of sp³-hybridized carbons (Fsp3) is 0.348. The molecule has 170 valence electrons. The number of fused-ring (bicyclic) bond motifs is 2. The highest BCUT2D eigenvalue weighted by molar-refractivity contribution is 5.93. The van der Waals surface area contributed by atoms with Crippen molar-refractivity contribution >= 4 is 22.4 Å². The number of nitrogens with zero attached hydrogens (tertiary/aromatic N) is 4. The molecule has 1 saturated carbocycles. The first-order valence-electron chi connectivity index (χ1n) is 11.6. The van der Waals surface area contributed by atoms with Crippen LogP contribution < -0.4 is 10.6 Å². The van der Waals surface area contributed by atoms with Crippen LogP contribution in [-0.2, 0) is 13.4 Å². The third-order valence-electron chi connectivity index (χ3n) is 6.03. The van der Waals surface area contributed by atoms with Gasteiger partial charge in [0.05, 0.1) is 10.9 Å². The van der Waals surface area contributed by atoms with Crippen molar-refractivity contribution in [1.82, 2.24) is 14.5 Å². The second-order valence-electron chi connectivity index (χ2n) is 8.05. The Labute approximate surface area is 189 Å². The summed E-state index contributed by atoms with van der Waals surface area (Å²) in [4.78, 5) is 22.1. The fourth-order valence-corrected chi connectivity index (χ4v) is 4.06. The van der Waals surface area contributed by atoms with E-state index in [1.54, 1.807) is 0 Å². The zero-order valence-corrected chi connectivity index (χ0v) is 16.9. The molecule has 3 aromatic rings. The molecule has 1 aliphatic heterocycles. The molecule has 5 rings (SSSR count). The van der Waals surface area contributed by atoms with Gasteiger partial charge < -0.3 is 4.90 Å². The zero-order chi connectivity index (χ0) is 26.0. The van der Waals surface area contributed by atoms with E-state index >= 15 is 4.39 Å². The maximum absolute atomic E-state index is 15.1. The van der Waals surface area contributed by atoms with Gasteiger partial charge in [0.1, 0.15) is 11.1 Å². The maximum atomic E-state index is 15.1. The number of aromatic nitrogens is 3. The van der Waals surface area contributed by atoms with Crippen LogP contribution in [0.5, 0.6) is 0 Å². The Hall–Kier alpha value is -3.48. The molecule has 0 amide bonds. The average Bonchev–Trinajstić information content (AvgIpc) is 3.60. The SMILES string of the molecule is [2H]C([2H])([2H])n1c(=O)nc(N2CCCc3c2ccnc3C#CC2(C(F)(F)F)CC2)c2c(F)c(F)ccc21. The first-order chi connectivity index (χ1) is 16.8. The molecular formula is C23H17F5N4O. The molecular weight excluding hydrogens is 443 g/mol. The van der Waals surface area contributed by atoms with Crippen LogP contribution in [0.15, 0.2) is 29.2 Å². The van der Waals surface area contributed by atoms with Crippen LogP contribution in [0.1, 0.15) is 34.6 Å². The standard InChI is InChI=1S/C23H17F5N4O/c1-31-17-5-4-14(24)19(25)18(17)20(30-21(31)33)32-12-2-3-13-15(29-11-7-16(13)32)6-8-22(9-10-22)23(26,27)28/h4-5,7,11H,2-3,9-10,12H2,1H3/i1D3. The highest BCUT2D eigenvalue weighted by Crippen LogP contribution is 2.57. The molecule has 0 atom stereocenters. The minimum Gasteiger partial charge on any atom is -0.325 e. The normalized spacial score (nSPS) is 18.6. The molecule has 33 heavy (non-hydrogen) atoms. The summed E-state index contributed by atoms with van der Waals surface area (Å²) in [6, 6.07) is 3.23. The highest BCUT2D eigenvalue weighted by Gasteiger charge is 2.62. The van der Waals surface area contributed by atoms with Crippen molar-refractivity contribution in [2.24, 2.45) is 12.4 Å². The molecule has 3 heterocycles. The number of benzene rings is 1. The van der Waals surface area contributed by atoms with Crippen LogP contribution in [-0.4, -0.2) is 27.3 Å². The van der Waals surface area contributed by atoms with Crippen molar-refractivity contribution in [3.8, 4) is 11.8 Å². The second kappa shape index (κ2) is 7.27. The van der Waals surface area contributed by atoms with E-state index in [2.05, 4.69) is 21.8 Å². The third-order valence-corrected chi connectivity index (χ3v) is 6.03. The molecule has 10 heteroatoms. The molecule has 1 aliphatic carbocycles. The lowest BCUT2D eigenvalue weighted by molar-refractivity contribution is -0.168. The summed E-state index contributed by atoms with van der Waals surface area (Å²) in [6.07, 6.45) is -2.52. The molecule has 0 N–H and O–H groups in total. The molecule has 1 aromatic carbocycles. The van der Waals surface area contributed by atoms with E-state index in [4.69, 9.17) is 4.11 Å². The van der Waals surface area contributed by atoms with Gasteiger partial charge in [-0.25, -0.2) is 18.6 Å².